The molecule has 1 radical (unpaired) electrons. The minimum absolute atomic E-state index is 0.334. The number of amides is 1. The Labute approximate surface area is 88.9 Å². The first-order chi connectivity index (χ1) is 6.75. The molecule has 0 aromatic rings. The minimum Gasteiger partial charge on any atom is -0.329 e. The van der Waals surface area contributed by atoms with Crippen molar-refractivity contribution in [2.24, 2.45) is 5.73 Å². The maximum absolute atomic E-state index is 11.6. The fourth-order valence-electron chi connectivity index (χ4n) is 1.09. The lowest BCUT2D eigenvalue weighted by atomic mass is 10.2. The van der Waals surface area contributed by atoms with Crippen molar-refractivity contribution in [3.63, 3.8) is 0 Å². The summed E-state index contributed by atoms with van der Waals surface area (Å²) in [5.74, 6) is -0.707. The molecule has 0 spiro atoms. The highest BCUT2D eigenvalue weighted by atomic mass is 31.2. The van der Waals surface area contributed by atoms with Crippen LogP contribution < -0.4 is 5.73 Å². The quantitative estimate of drug-likeness (QED) is 0.646. The van der Waals surface area contributed by atoms with Crippen molar-refractivity contribution in [3.05, 3.63) is 0 Å². The van der Waals surface area contributed by atoms with E-state index in [1.807, 2.05) is 0 Å². The number of carbonyl (C=O) groups excluding carboxylic acids is 2. The Kier molecular flexibility index (Phi) is 5.14. The summed E-state index contributed by atoms with van der Waals surface area (Å²) in [6.07, 6.45) is 1.83. The molecule has 0 saturated heterocycles. The average Bonchev–Trinajstić information content (AvgIpc) is 2.14. The minimum atomic E-state index is -3.83. The third-order valence-corrected chi connectivity index (χ3v) is 3.26. The first-order valence-corrected chi connectivity index (χ1v) is 6.58. The summed E-state index contributed by atoms with van der Waals surface area (Å²) in [5, 5.41) is 0. The van der Waals surface area contributed by atoms with Gasteiger partial charge in [0, 0.05) is 6.66 Å². The summed E-state index contributed by atoms with van der Waals surface area (Å²) in [6.45, 7) is 3.98. The SMILES string of the molecule is CCC(N)C(=O)N([C@@H](C)[C]=O)P(C)(=O)O. The zero-order chi connectivity index (χ0) is 12.2. The third-order valence-electron chi connectivity index (χ3n) is 1.92. The van der Waals surface area contributed by atoms with Crippen molar-refractivity contribution in [1.29, 1.82) is 0 Å². The Hall–Kier alpha value is -0.710. The molecule has 0 aromatic carbocycles. The van der Waals surface area contributed by atoms with Gasteiger partial charge in [-0.15, -0.1) is 0 Å². The lowest BCUT2D eigenvalue weighted by Gasteiger charge is -2.29. The smallest absolute Gasteiger partial charge is 0.293 e. The Morgan fingerprint density at radius 1 is 1.67 bits per heavy atom. The van der Waals surface area contributed by atoms with Gasteiger partial charge in [-0.3, -0.25) is 18.8 Å². The molecule has 0 fully saturated rings. The molecule has 0 saturated carbocycles. The van der Waals surface area contributed by atoms with Gasteiger partial charge in [-0.2, -0.15) is 0 Å². The molecule has 7 heteroatoms. The molecule has 2 unspecified atom stereocenters. The predicted molar refractivity (Wildman–Crippen MR) is 56.0 cm³/mol. The number of carbonyl (C=O) groups is 1. The normalized spacial score (nSPS) is 18.7. The van der Waals surface area contributed by atoms with Crippen molar-refractivity contribution in [2.45, 2.75) is 32.4 Å². The molecule has 0 bridgehead atoms. The third kappa shape index (κ3) is 3.74. The number of hydrogen-bond donors (Lipinski definition) is 2. The number of nitrogens with two attached hydrogens (primary N) is 1. The van der Waals surface area contributed by atoms with Gasteiger partial charge >= 0.3 is 0 Å². The number of rotatable bonds is 5. The van der Waals surface area contributed by atoms with Gasteiger partial charge in [-0.05, 0) is 13.3 Å². The van der Waals surface area contributed by atoms with Crippen LogP contribution in [-0.2, 0) is 14.2 Å². The average molecular weight is 235 g/mol. The molecular weight excluding hydrogens is 219 g/mol. The van der Waals surface area contributed by atoms with E-state index < -0.39 is 25.5 Å². The molecule has 0 aliphatic carbocycles. The molecule has 0 aromatic heterocycles. The molecule has 0 rings (SSSR count). The van der Waals surface area contributed by atoms with Gasteiger partial charge in [0.05, 0.1) is 6.04 Å². The summed E-state index contributed by atoms with van der Waals surface area (Å²) in [4.78, 5) is 31.3. The predicted octanol–water partition coefficient (Wildman–Crippen LogP) is -0.134. The second-order valence-corrected chi connectivity index (χ2v) is 5.43. The highest BCUT2D eigenvalue weighted by Gasteiger charge is 2.34. The molecule has 3 N–H and O–H groups in total. The maximum Gasteiger partial charge on any atom is 0.293 e. The molecule has 6 nitrogen and oxygen atoms in total. The lowest BCUT2D eigenvalue weighted by molar-refractivity contribution is -0.128. The molecule has 0 aliphatic heterocycles. The summed E-state index contributed by atoms with van der Waals surface area (Å²) in [6, 6.07) is -1.95. The highest BCUT2D eigenvalue weighted by molar-refractivity contribution is 7.55. The molecule has 0 heterocycles. The first-order valence-electron chi connectivity index (χ1n) is 4.52. The van der Waals surface area contributed by atoms with E-state index in [4.69, 9.17) is 5.73 Å². The van der Waals surface area contributed by atoms with Gasteiger partial charge in [0.25, 0.3) is 7.52 Å². The van der Waals surface area contributed by atoms with Gasteiger partial charge in [0.15, 0.2) is 0 Å². The van der Waals surface area contributed by atoms with Gasteiger partial charge < -0.3 is 10.6 Å². The van der Waals surface area contributed by atoms with Crippen LogP contribution in [-0.4, -0.2) is 40.5 Å². The lowest BCUT2D eigenvalue weighted by Crippen LogP contribution is -2.46. The molecular formula is C8H16N2O4P. The van der Waals surface area contributed by atoms with Gasteiger partial charge in [-0.25, -0.2) is 0 Å². The summed E-state index contributed by atoms with van der Waals surface area (Å²) in [5.41, 5.74) is 5.45. The van der Waals surface area contributed by atoms with Gasteiger partial charge in [0.2, 0.25) is 12.2 Å². The Bertz CT molecular complexity index is 288. The van der Waals surface area contributed by atoms with Crippen LogP contribution in [0.15, 0.2) is 0 Å². The molecule has 1 amide bonds. The summed E-state index contributed by atoms with van der Waals surface area (Å²) < 4.78 is 12.0. The summed E-state index contributed by atoms with van der Waals surface area (Å²) in [7, 11) is -3.83. The van der Waals surface area contributed by atoms with E-state index in [2.05, 4.69) is 0 Å². The van der Waals surface area contributed by atoms with Crippen molar-refractivity contribution in [2.75, 3.05) is 6.66 Å². The van der Waals surface area contributed by atoms with E-state index in [9.17, 15) is 19.0 Å². The van der Waals surface area contributed by atoms with Gasteiger partial charge in [-0.1, -0.05) is 6.92 Å². The molecule has 3 atom stereocenters. The van der Waals surface area contributed by atoms with Crippen molar-refractivity contribution < 1.29 is 19.0 Å². The summed E-state index contributed by atoms with van der Waals surface area (Å²) >= 11 is 0. The monoisotopic (exact) mass is 235 g/mol. The zero-order valence-corrected chi connectivity index (χ0v) is 9.90. The van der Waals surface area contributed by atoms with E-state index >= 15 is 0 Å². The van der Waals surface area contributed by atoms with Crippen LogP contribution in [0.2, 0.25) is 0 Å². The standard InChI is InChI=1S/C8H16N2O4P/c1-4-7(9)8(12)10(6(2)5-11)15(3,13)14/h6-7H,4,9H2,1-3H3,(H,13,14)/t6-,7?/m0/s1. The molecule has 15 heavy (non-hydrogen) atoms. The van der Waals surface area contributed by atoms with Crippen molar-refractivity contribution in [1.82, 2.24) is 4.67 Å². The van der Waals surface area contributed by atoms with Crippen LogP contribution in [0, 0.1) is 0 Å². The van der Waals surface area contributed by atoms with E-state index in [1.54, 1.807) is 6.92 Å². The van der Waals surface area contributed by atoms with Crippen LogP contribution in [0.25, 0.3) is 0 Å². The second kappa shape index (κ2) is 5.39. The topological polar surface area (TPSA) is 101 Å². The maximum atomic E-state index is 11.6. The van der Waals surface area contributed by atoms with E-state index in [0.29, 0.717) is 11.1 Å². The van der Waals surface area contributed by atoms with E-state index in [0.717, 1.165) is 6.66 Å². The Balaban J connectivity index is 5.04. The van der Waals surface area contributed by atoms with Crippen molar-refractivity contribution in [3.8, 4) is 0 Å². The highest BCUT2D eigenvalue weighted by Crippen LogP contribution is 2.42. The van der Waals surface area contributed by atoms with Crippen LogP contribution in [0.5, 0.6) is 0 Å². The number of hydrogen-bond acceptors (Lipinski definition) is 4. The zero-order valence-electron chi connectivity index (χ0n) is 9.01. The van der Waals surface area contributed by atoms with E-state index in [-0.39, 0.29) is 0 Å². The van der Waals surface area contributed by atoms with Gasteiger partial charge in [0.1, 0.15) is 6.04 Å². The second-order valence-electron chi connectivity index (χ2n) is 3.33. The Morgan fingerprint density at radius 2 is 2.13 bits per heavy atom. The van der Waals surface area contributed by atoms with Crippen LogP contribution in [0.1, 0.15) is 20.3 Å². The van der Waals surface area contributed by atoms with Crippen LogP contribution in [0.4, 0.5) is 0 Å². The van der Waals surface area contributed by atoms with Crippen LogP contribution in [0.3, 0.4) is 0 Å². The largest absolute Gasteiger partial charge is 0.329 e. The van der Waals surface area contributed by atoms with Crippen molar-refractivity contribution >= 4 is 19.7 Å². The van der Waals surface area contributed by atoms with E-state index in [1.165, 1.54) is 13.2 Å². The number of nitrogens with zero attached hydrogens (tertiary/aromatic N) is 1. The Morgan fingerprint density at radius 3 is 2.40 bits per heavy atom. The molecule has 87 valence electrons. The first kappa shape index (κ1) is 14.3. The fourth-order valence-corrected chi connectivity index (χ4v) is 2.29. The van der Waals surface area contributed by atoms with Crippen LogP contribution >= 0.6 is 7.52 Å². The fraction of sp³-hybridized carbons (Fsp3) is 0.750. The molecule has 0 aliphatic rings.